The van der Waals surface area contributed by atoms with Crippen molar-refractivity contribution in [2.45, 2.75) is 12.5 Å². The van der Waals surface area contributed by atoms with E-state index < -0.39 is 23.5 Å². The highest BCUT2D eigenvalue weighted by molar-refractivity contribution is 6.30. The topological polar surface area (TPSA) is 38.0 Å². The Morgan fingerprint density at radius 1 is 1.05 bits per heavy atom. The van der Waals surface area contributed by atoms with Gasteiger partial charge < -0.3 is 0 Å². The molecule has 2 nitrogen and oxygen atoms in total. The van der Waals surface area contributed by atoms with Crippen LogP contribution in [0.25, 0.3) is 0 Å². The van der Waals surface area contributed by atoms with Crippen molar-refractivity contribution < 1.29 is 13.2 Å². The van der Waals surface area contributed by atoms with Gasteiger partial charge in [0.1, 0.15) is 17.5 Å². The van der Waals surface area contributed by atoms with Crippen LogP contribution in [0, 0.1) is 17.5 Å². The second-order valence-electron chi connectivity index (χ2n) is 4.32. The summed E-state index contributed by atoms with van der Waals surface area (Å²) in [6, 6.07) is 6.56. The Morgan fingerprint density at radius 2 is 1.80 bits per heavy atom. The Hall–Kier alpha value is -1.56. The first-order valence-corrected chi connectivity index (χ1v) is 6.24. The SMILES string of the molecule is NNC(Cc1cc(Cl)ccc1F)c1ccc(F)cc1F. The van der Waals surface area contributed by atoms with Crippen LogP contribution in [0.4, 0.5) is 13.2 Å². The molecule has 3 N–H and O–H groups in total. The van der Waals surface area contributed by atoms with E-state index in [9.17, 15) is 13.2 Å². The molecule has 0 spiro atoms. The monoisotopic (exact) mass is 300 g/mol. The van der Waals surface area contributed by atoms with Crippen molar-refractivity contribution in [1.82, 2.24) is 5.43 Å². The lowest BCUT2D eigenvalue weighted by molar-refractivity contribution is 0.492. The van der Waals surface area contributed by atoms with Crippen molar-refractivity contribution >= 4 is 11.6 Å². The highest BCUT2D eigenvalue weighted by Crippen LogP contribution is 2.24. The van der Waals surface area contributed by atoms with Crippen LogP contribution >= 0.6 is 11.6 Å². The second kappa shape index (κ2) is 6.26. The lowest BCUT2D eigenvalue weighted by Gasteiger charge is -2.17. The van der Waals surface area contributed by atoms with Gasteiger partial charge in [0.15, 0.2) is 0 Å². The summed E-state index contributed by atoms with van der Waals surface area (Å²) in [5.74, 6) is 3.50. The predicted octanol–water partition coefficient (Wildman–Crippen LogP) is 3.50. The van der Waals surface area contributed by atoms with Crippen LogP contribution in [0.3, 0.4) is 0 Å². The normalized spacial score (nSPS) is 12.4. The number of hydrogen-bond acceptors (Lipinski definition) is 2. The first-order valence-electron chi connectivity index (χ1n) is 5.86. The molecule has 0 aliphatic heterocycles. The quantitative estimate of drug-likeness (QED) is 0.670. The summed E-state index contributed by atoms with van der Waals surface area (Å²) in [6.07, 6.45) is 0.0887. The van der Waals surface area contributed by atoms with Gasteiger partial charge >= 0.3 is 0 Å². The molecule has 2 rings (SSSR count). The Kier molecular flexibility index (Phi) is 4.65. The maximum Gasteiger partial charge on any atom is 0.130 e. The molecule has 1 atom stereocenters. The second-order valence-corrected chi connectivity index (χ2v) is 4.76. The van der Waals surface area contributed by atoms with Gasteiger partial charge in [-0.25, -0.2) is 13.2 Å². The van der Waals surface area contributed by atoms with Crippen molar-refractivity contribution in [3.05, 3.63) is 70.0 Å². The van der Waals surface area contributed by atoms with E-state index >= 15 is 0 Å². The summed E-state index contributed by atoms with van der Waals surface area (Å²) in [6.45, 7) is 0. The Labute approximate surface area is 119 Å². The zero-order chi connectivity index (χ0) is 14.7. The van der Waals surface area contributed by atoms with Crippen LogP contribution in [0.1, 0.15) is 17.2 Å². The van der Waals surface area contributed by atoms with Crippen molar-refractivity contribution in [1.29, 1.82) is 0 Å². The minimum absolute atomic E-state index is 0.0887. The van der Waals surface area contributed by atoms with Crippen LogP contribution in [-0.4, -0.2) is 0 Å². The van der Waals surface area contributed by atoms with E-state index in [1.165, 1.54) is 24.3 Å². The number of nitrogens with two attached hydrogens (primary N) is 1. The zero-order valence-electron chi connectivity index (χ0n) is 10.3. The molecule has 0 radical (unpaired) electrons. The lowest BCUT2D eigenvalue weighted by Crippen LogP contribution is -2.30. The maximum absolute atomic E-state index is 13.7. The van der Waals surface area contributed by atoms with E-state index in [1.54, 1.807) is 0 Å². The largest absolute Gasteiger partial charge is 0.271 e. The summed E-state index contributed by atoms with van der Waals surface area (Å²) < 4.78 is 40.3. The van der Waals surface area contributed by atoms with Crippen molar-refractivity contribution in [2.24, 2.45) is 5.84 Å². The third-order valence-corrected chi connectivity index (χ3v) is 3.21. The zero-order valence-corrected chi connectivity index (χ0v) is 11.1. The minimum atomic E-state index is -0.740. The van der Waals surface area contributed by atoms with E-state index in [1.807, 2.05) is 0 Å². The number of halogens is 4. The Morgan fingerprint density at radius 3 is 2.45 bits per heavy atom. The van der Waals surface area contributed by atoms with E-state index in [0.717, 1.165) is 12.1 Å². The fraction of sp³-hybridized carbons (Fsp3) is 0.143. The fourth-order valence-electron chi connectivity index (χ4n) is 1.96. The molecule has 106 valence electrons. The third kappa shape index (κ3) is 3.30. The third-order valence-electron chi connectivity index (χ3n) is 2.97. The minimum Gasteiger partial charge on any atom is -0.271 e. The number of hydrogen-bond donors (Lipinski definition) is 2. The molecule has 0 aliphatic rings. The molecule has 2 aromatic carbocycles. The molecule has 0 fully saturated rings. The van der Waals surface area contributed by atoms with Gasteiger partial charge in [-0.15, -0.1) is 0 Å². The summed E-state index contributed by atoms with van der Waals surface area (Å²) in [4.78, 5) is 0. The first kappa shape index (κ1) is 14.8. The molecule has 0 heterocycles. The van der Waals surface area contributed by atoms with Crippen LogP contribution < -0.4 is 11.3 Å². The molecule has 0 aromatic heterocycles. The van der Waals surface area contributed by atoms with Gasteiger partial charge in [-0.2, -0.15) is 0 Å². The molecule has 0 bridgehead atoms. The molecular formula is C14H12ClF3N2. The summed E-state index contributed by atoms with van der Waals surface area (Å²) in [5.41, 5.74) is 2.86. The van der Waals surface area contributed by atoms with Crippen molar-refractivity contribution in [2.75, 3.05) is 0 Å². The molecule has 1 unspecified atom stereocenters. The first-order chi connectivity index (χ1) is 9.51. The van der Waals surface area contributed by atoms with E-state index in [2.05, 4.69) is 5.43 Å². The van der Waals surface area contributed by atoms with E-state index in [4.69, 9.17) is 17.4 Å². The summed E-state index contributed by atoms with van der Waals surface area (Å²) in [5, 5.41) is 0.372. The Bertz CT molecular complexity index is 619. The van der Waals surface area contributed by atoms with Gasteiger partial charge in [0, 0.05) is 16.7 Å². The molecule has 0 amide bonds. The maximum atomic E-state index is 13.7. The highest BCUT2D eigenvalue weighted by atomic mass is 35.5. The fourth-order valence-corrected chi connectivity index (χ4v) is 2.16. The van der Waals surface area contributed by atoms with Crippen LogP contribution in [0.15, 0.2) is 36.4 Å². The molecule has 0 aliphatic carbocycles. The average Bonchev–Trinajstić information content (AvgIpc) is 2.40. The number of nitrogens with one attached hydrogen (secondary N) is 1. The van der Waals surface area contributed by atoms with Gasteiger partial charge in [0.25, 0.3) is 0 Å². The van der Waals surface area contributed by atoms with Crippen molar-refractivity contribution in [3.8, 4) is 0 Å². The van der Waals surface area contributed by atoms with Gasteiger partial charge in [0.2, 0.25) is 0 Å². The molecule has 0 saturated carbocycles. The molecule has 6 heteroatoms. The predicted molar refractivity (Wildman–Crippen MR) is 71.5 cm³/mol. The van der Waals surface area contributed by atoms with Crippen molar-refractivity contribution in [3.63, 3.8) is 0 Å². The van der Waals surface area contributed by atoms with Crippen LogP contribution in [0.5, 0.6) is 0 Å². The smallest absolute Gasteiger partial charge is 0.130 e. The van der Waals surface area contributed by atoms with E-state index in [0.29, 0.717) is 10.6 Å². The van der Waals surface area contributed by atoms with Crippen LogP contribution in [-0.2, 0) is 6.42 Å². The average molecular weight is 301 g/mol. The standard InChI is InChI=1S/C14H12ClF3N2/c15-9-1-4-12(17)8(5-9)6-14(20-19)11-3-2-10(16)7-13(11)18/h1-5,7,14,20H,6,19H2. The molecule has 20 heavy (non-hydrogen) atoms. The summed E-state index contributed by atoms with van der Waals surface area (Å²) in [7, 11) is 0. The van der Waals surface area contributed by atoms with Gasteiger partial charge in [-0.05, 0) is 36.2 Å². The van der Waals surface area contributed by atoms with Gasteiger partial charge in [-0.3, -0.25) is 11.3 Å². The summed E-state index contributed by atoms with van der Waals surface area (Å²) >= 11 is 5.80. The highest BCUT2D eigenvalue weighted by Gasteiger charge is 2.17. The molecule has 0 saturated heterocycles. The Balaban J connectivity index is 2.31. The van der Waals surface area contributed by atoms with Crippen LogP contribution in [0.2, 0.25) is 5.02 Å². The lowest BCUT2D eigenvalue weighted by atomic mass is 9.98. The van der Waals surface area contributed by atoms with Gasteiger partial charge in [0.05, 0.1) is 6.04 Å². The molecular weight excluding hydrogens is 289 g/mol. The number of hydrazine groups is 1. The van der Waals surface area contributed by atoms with Gasteiger partial charge in [-0.1, -0.05) is 17.7 Å². The molecule has 2 aromatic rings. The number of rotatable bonds is 4. The number of benzene rings is 2. The van der Waals surface area contributed by atoms with E-state index in [-0.39, 0.29) is 12.0 Å².